The summed E-state index contributed by atoms with van der Waals surface area (Å²) in [6.07, 6.45) is 0. The van der Waals surface area contributed by atoms with Gasteiger partial charge in [0.25, 0.3) is 0 Å². The van der Waals surface area contributed by atoms with Crippen molar-refractivity contribution in [3.63, 3.8) is 0 Å². The third kappa shape index (κ3) is 6.63. The van der Waals surface area contributed by atoms with Gasteiger partial charge in [0, 0.05) is 13.2 Å². The number of carbonyl (C=O) groups excluding carboxylic acids is 2. The molecule has 0 fully saturated rings. The number of nitrogens with one attached hydrogen (secondary N) is 2. The summed E-state index contributed by atoms with van der Waals surface area (Å²) < 4.78 is 5.38. The Morgan fingerprint density at radius 2 is 2.00 bits per heavy atom. The number of halogens is 1. The number of carbonyl (C=O) groups is 2. The monoisotopic (exact) mass is 250 g/mol. The Balaban J connectivity index is 3.94. The van der Waals surface area contributed by atoms with E-state index in [4.69, 9.17) is 16.3 Å². The maximum atomic E-state index is 11.3. The summed E-state index contributed by atoms with van der Waals surface area (Å²) in [5.41, 5.74) is -0.457. The van der Waals surface area contributed by atoms with Gasteiger partial charge in [0.2, 0.25) is 5.91 Å². The molecule has 94 valence electrons. The normalized spacial score (nSPS) is 13.1. The Labute approximate surface area is 101 Å². The van der Waals surface area contributed by atoms with Crippen molar-refractivity contribution < 1.29 is 14.3 Å². The second-order valence-electron chi connectivity index (χ2n) is 3.98. The lowest BCUT2D eigenvalue weighted by molar-refractivity contribution is -0.119. The Kier molecular flexibility index (Phi) is 6.36. The van der Waals surface area contributed by atoms with Crippen LogP contribution in [0.5, 0.6) is 0 Å². The van der Waals surface area contributed by atoms with Crippen LogP contribution in [0.15, 0.2) is 0 Å². The van der Waals surface area contributed by atoms with Crippen molar-refractivity contribution in [1.29, 1.82) is 0 Å². The molecular weight excluding hydrogens is 232 g/mol. The van der Waals surface area contributed by atoms with Gasteiger partial charge in [-0.2, -0.15) is 0 Å². The molecule has 3 amide bonds. The smallest absolute Gasteiger partial charge is 0.321 e. The lowest BCUT2D eigenvalue weighted by Crippen LogP contribution is -2.47. The number of urea groups is 1. The van der Waals surface area contributed by atoms with E-state index < -0.39 is 22.9 Å². The van der Waals surface area contributed by atoms with Crippen LogP contribution in [0.2, 0.25) is 0 Å². The fourth-order valence-electron chi connectivity index (χ4n) is 0.990. The number of rotatable bonds is 5. The summed E-state index contributed by atoms with van der Waals surface area (Å²) in [6, 6.07) is -0.565. The molecule has 1 atom stereocenters. The molecule has 0 aliphatic carbocycles. The second-order valence-corrected chi connectivity index (χ2v) is 4.64. The van der Waals surface area contributed by atoms with E-state index in [1.165, 1.54) is 6.92 Å². The van der Waals surface area contributed by atoms with Crippen molar-refractivity contribution in [3.8, 4) is 0 Å². The highest BCUT2D eigenvalue weighted by atomic mass is 35.5. The number of hydrogen-bond donors (Lipinski definition) is 2. The highest BCUT2D eigenvalue weighted by Crippen LogP contribution is 2.06. The molecule has 0 saturated carbocycles. The Bertz CT molecular complexity index is 254. The number of hydrogen-bond acceptors (Lipinski definition) is 3. The Hall–Kier alpha value is -0.810. The van der Waals surface area contributed by atoms with Crippen LogP contribution in [-0.2, 0) is 9.53 Å². The van der Waals surface area contributed by atoms with E-state index in [9.17, 15) is 9.59 Å². The minimum Gasteiger partial charge on any atom is -0.374 e. The van der Waals surface area contributed by atoms with Crippen LogP contribution in [0.25, 0.3) is 0 Å². The topological polar surface area (TPSA) is 67.4 Å². The average Bonchev–Trinajstić information content (AvgIpc) is 2.14. The van der Waals surface area contributed by atoms with Crippen LogP contribution in [0.1, 0.15) is 27.7 Å². The predicted molar refractivity (Wildman–Crippen MR) is 62.6 cm³/mol. The number of ether oxygens (including phenoxy) is 1. The molecule has 0 radical (unpaired) electrons. The number of imide groups is 1. The third-order valence-electron chi connectivity index (χ3n) is 1.81. The Morgan fingerprint density at radius 1 is 1.44 bits per heavy atom. The summed E-state index contributed by atoms with van der Waals surface area (Å²) in [6.45, 7) is 7.95. The van der Waals surface area contributed by atoms with Gasteiger partial charge in [0.05, 0.1) is 5.60 Å². The highest BCUT2D eigenvalue weighted by Gasteiger charge is 2.19. The summed E-state index contributed by atoms with van der Waals surface area (Å²) in [4.78, 5) is 22.3. The van der Waals surface area contributed by atoms with Gasteiger partial charge in [0.15, 0.2) is 0 Å². The van der Waals surface area contributed by atoms with Crippen molar-refractivity contribution in [2.45, 2.75) is 38.7 Å². The Morgan fingerprint density at radius 3 is 2.44 bits per heavy atom. The SMILES string of the molecule is CCOC(C)(C)CNC(=O)NC(=O)C(C)Cl. The minimum absolute atomic E-state index is 0.316. The van der Waals surface area contributed by atoms with Gasteiger partial charge in [-0.1, -0.05) is 0 Å². The number of alkyl halides is 1. The van der Waals surface area contributed by atoms with Crippen LogP contribution < -0.4 is 10.6 Å². The fraction of sp³-hybridized carbons (Fsp3) is 0.800. The van der Waals surface area contributed by atoms with Gasteiger partial charge in [-0.3, -0.25) is 10.1 Å². The van der Waals surface area contributed by atoms with Crippen molar-refractivity contribution >= 4 is 23.5 Å². The first kappa shape index (κ1) is 15.2. The molecule has 5 nitrogen and oxygen atoms in total. The highest BCUT2D eigenvalue weighted by molar-refractivity contribution is 6.31. The predicted octanol–water partition coefficient (Wildman–Crippen LogP) is 1.25. The van der Waals surface area contributed by atoms with E-state index in [1.54, 1.807) is 0 Å². The molecule has 0 bridgehead atoms. The van der Waals surface area contributed by atoms with E-state index in [0.717, 1.165) is 0 Å². The lowest BCUT2D eigenvalue weighted by atomic mass is 10.1. The van der Waals surface area contributed by atoms with E-state index in [-0.39, 0.29) is 0 Å². The summed E-state index contributed by atoms with van der Waals surface area (Å²) in [7, 11) is 0. The van der Waals surface area contributed by atoms with E-state index in [0.29, 0.717) is 13.2 Å². The van der Waals surface area contributed by atoms with Gasteiger partial charge in [-0.25, -0.2) is 4.79 Å². The van der Waals surface area contributed by atoms with Crippen molar-refractivity contribution in [2.24, 2.45) is 0 Å². The van der Waals surface area contributed by atoms with E-state index in [2.05, 4.69) is 10.6 Å². The lowest BCUT2D eigenvalue weighted by Gasteiger charge is -2.24. The maximum Gasteiger partial charge on any atom is 0.321 e. The van der Waals surface area contributed by atoms with Crippen LogP contribution >= 0.6 is 11.6 Å². The first-order valence-corrected chi connectivity index (χ1v) is 5.59. The van der Waals surface area contributed by atoms with Crippen molar-refractivity contribution in [3.05, 3.63) is 0 Å². The maximum absolute atomic E-state index is 11.3. The zero-order valence-electron chi connectivity index (χ0n) is 10.1. The molecule has 0 spiro atoms. The van der Waals surface area contributed by atoms with Crippen LogP contribution in [0.4, 0.5) is 4.79 Å². The van der Waals surface area contributed by atoms with Crippen LogP contribution in [0, 0.1) is 0 Å². The largest absolute Gasteiger partial charge is 0.374 e. The van der Waals surface area contributed by atoms with Gasteiger partial charge in [0.1, 0.15) is 5.38 Å². The molecule has 0 aliphatic rings. The summed E-state index contributed by atoms with van der Waals surface area (Å²) in [5.74, 6) is -0.520. The molecule has 0 saturated heterocycles. The summed E-state index contributed by atoms with van der Waals surface area (Å²) >= 11 is 5.50. The minimum atomic E-state index is -0.731. The van der Waals surface area contributed by atoms with Gasteiger partial charge < -0.3 is 10.1 Å². The quantitative estimate of drug-likeness (QED) is 0.722. The first-order chi connectivity index (χ1) is 7.28. The molecule has 0 aromatic rings. The van der Waals surface area contributed by atoms with Gasteiger partial charge in [-0.15, -0.1) is 11.6 Å². The zero-order chi connectivity index (χ0) is 12.8. The average molecular weight is 251 g/mol. The molecule has 0 aromatic heterocycles. The van der Waals surface area contributed by atoms with Crippen LogP contribution in [0.3, 0.4) is 0 Å². The molecule has 0 rings (SSSR count). The molecule has 6 heteroatoms. The molecule has 0 aliphatic heterocycles. The first-order valence-electron chi connectivity index (χ1n) is 5.15. The zero-order valence-corrected chi connectivity index (χ0v) is 10.9. The molecule has 1 unspecified atom stereocenters. The molecular formula is C10H19ClN2O3. The fourth-order valence-corrected chi connectivity index (χ4v) is 1.04. The molecule has 0 aromatic carbocycles. The third-order valence-corrected chi connectivity index (χ3v) is 2.01. The van der Waals surface area contributed by atoms with Crippen molar-refractivity contribution in [2.75, 3.05) is 13.2 Å². The second kappa shape index (κ2) is 6.70. The molecule has 16 heavy (non-hydrogen) atoms. The number of amides is 3. The van der Waals surface area contributed by atoms with Gasteiger partial charge >= 0.3 is 6.03 Å². The van der Waals surface area contributed by atoms with Crippen LogP contribution in [-0.4, -0.2) is 36.1 Å². The van der Waals surface area contributed by atoms with E-state index in [1.807, 2.05) is 20.8 Å². The van der Waals surface area contributed by atoms with Gasteiger partial charge in [-0.05, 0) is 27.7 Å². The molecule has 2 N–H and O–H groups in total. The van der Waals surface area contributed by atoms with Crippen molar-refractivity contribution in [1.82, 2.24) is 10.6 Å². The standard InChI is InChI=1S/C10H19ClN2O3/c1-5-16-10(3,4)6-12-9(15)13-8(14)7(2)11/h7H,5-6H2,1-4H3,(H2,12,13,14,15). The molecule has 0 heterocycles. The van der Waals surface area contributed by atoms with E-state index >= 15 is 0 Å². The summed E-state index contributed by atoms with van der Waals surface area (Å²) in [5, 5.41) is 3.93.